The van der Waals surface area contributed by atoms with Crippen LogP contribution in [0.4, 0.5) is 17.3 Å². The van der Waals surface area contributed by atoms with Gasteiger partial charge in [0, 0.05) is 5.69 Å². The zero-order valence-corrected chi connectivity index (χ0v) is 20.9. The average molecular weight is 632 g/mol. The minimum absolute atomic E-state index is 0. The SMILES string of the molecule is [Pt+2].[c-]1ccc2ccccc2c1-c1cccc(N(c2ccccc2)c2cccc(-n3[c-]ccc3)n2)n1. The van der Waals surface area contributed by atoms with Gasteiger partial charge in [-0.05, 0) is 30.0 Å². The number of rotatable bonds is 5. The fraction of sp³-hybridized carbons (Fsp3) is 0. The van der Waals surface area contributed by atoms with Crippen LogP contribution in [-0.4, -0.2) is 14.5 Å². The molecule has 0 fully saturated rings. The van der Waals surface area contributed by atoms with Crippen molar-refractivity contribution in [2.45, 2.75) is 0 Å². The Hall–Kier alpha value is -4.01. The number of hydrogen-bond acceptors (Lipinski definition) is 3. The Morgan fingerprint density at radius 3 is 2.26 bits per heavy atom. The Bertz CT molecular complexity index is 1560. The van der Waals surface area contributed by atoms with Crippen LogP contribution in [0.25, 0.3) is 27.8 Å². The molecule has 170 valence electrons. The molecule has 6 rings (SSSR count). The summed E-state index contributed by atoms with van der Waals surface area (Å²) in [5.41, 5.74) is 2.83. The molecule has 0 amide bonds. The third kappa shape index (κ3) is 4.53. The molecule has 0 aliphatic carbocycles. The van der Waals surface area contributed by atoms with Crippen LogP contribution < -0.4 is 4.90 Å². The van der Waals surface area contributed by atoms with Crippen molar-refractivity contribution in [3.8, 4) is 17.1 Å². The summed E-state index contributed by atoms with van der Waals surface area (Å²) in [6.45, 7) is 0. The van der Waals surface area contributed by atoms with E-state index in [1.54, 1.807) is 0 Å². The molecular weight excluding hydrogens is 611 g/mol. The van der Waals surface area contributed by atoms with Gasteiger partial charge in [-0.2, -0.15) is 6.07 Å². The van der Waals surface area contributed by atoms with Crippen LogP contribution in [-0.2, 0) is 21.1 Å². The van der Waals surface area contributed by atoms with Gasteiger partial charge in [0.05, 0.1) is 5.82 Å². The predicted molar refractivity (Wildman–Crippen MR) is 137 cm³/mol. The Morgan fingerprint density at radius 1 is 0.657 bits per heavy atom. The number of pyridine rings is 2. The molecule has 6 aromatic rings. The third-order valence-electron chi connectivity index (χ3n) is 5.70. The average Bonchev–Trinajstić information content (AvgIpc) is 3.45. The topological polar surface area (TPSA) is 34.0 Å². The Kier molecular flexibility index (Phi) is 6.56. The van der Waals surface area contributed by atoms with Crippen LogP contribution in [0.15, 0.2) is 121 Å². The predicted octanol–water partition coefficient (Wildman–Crippen LogP) is 7.16. The molecule has 0 bridgehead atoms. The van der Waals surface area contributed by atoms with Gasteiger partial charge in [0.15, 0.2) is 0 Å². The molecular formula is C30H20N4Pt. The fourth-order valence-electron chi connectivity index (χ4n) is 4.13. The van der Waals surface area contributed by atoms with E-state index in [1.165, 1.54) is 5.39 Å². The van der Waals surface area contributed by atoms with Crippen LogP contribution in [0.5, 0.6) is 0 Å². The summed E-state index contributed by atoms with van der Waals surface area (Å²) >= 11 is 0. The normalized spacial score (nSPS) is 10.6. The molecule has 0 aliphatic heterocycles. The molecule has 0 N–H and O–H groups in total. The zero-order chi connectivity index (χ0) is 22.7. The van der Waals surface area contributed by atoms with Gasteiger partial charge in [0.25, 0.3) is 0 Å². The molecule has 0 radical (unpaired) electrons. The number of aromatic nitrogens is 3. The van der Waals surface area contributed by atoms with E-state index < -0.39 is 0 Å². The van der Waals surface area contributed by atoms with Crippen LogP contribution in [0, 0.1) is 12.3 Å². The molecule has 3 aromatic carbocycles. The summed E-state index contributed by atoms with van der Waals surface area (Å²) < 4.78 is 1.88. The van der Waals surface area contributed by atoms with Crippen molar-refractivity contribution >= 4 is 28.1 Å². The fourth-order valence-corrected chi connectivity index (χ4v) is 4.13. The van der Waals surface area contributed by atoms with E-state index in [9.17, 15) is 0 Å². The first-order valence-electron chi connectivity index (χ1n) is 11.1. The van der Waals surface area contributed by atoms with Gasteiger partial charge in [-0.15, -0.1) is 41.4 Å². The molecule has 0 saturated heterocycles. The number of nitrogens with zero attached hydrogens (tertiary/aromatic N) is 4. The largest absolute Gasteiger partial charge is 2.00 e. The van der Waals surface area contributed by atoms with Crippen molar-refractivity contribution in [3.05, 3.63) is 134 Å². The first-order chi connectivity index (χ1) is 16.9. The number of benzene rings is 3. The number of hydrogen-bond donors (Lipinski definition) is 0. The molecule has 0 saturated carbocycles. The first-order valence-corrected chi connectivity index (χ1v) is 11.1. The molecule has 3 heterocycles. The minimum atomic E-state index is 0. The van der Waals surface area contributed by atoms with E-state index in [1.807, 2.05) is 95.7 Å². The molecule has 0 aliphatic rings. The van der Waals surface area contributed by atoms with Crippen molar-refractivity contribution in [3.63, 3.8) is 0 Å². The first kappa shape index (κ1) is 22.8. The summed E-state index contributed by atoms with van der Waals surface area (Å²) in [6, 6.07) is 41.8. The molecule has 0 spiro atoms. The maximum Gasteiger partial charge on any atom is 2.00 e. The van der Waals surface area contributed by atoms with E-state index in [2.05, 4.69) is 47.5 Å². The summed E-state index contributed by atoms with van der Waals surface area (Å²) in [5.74, 6) is 2.35. The van der Waals surface area contributed by atoms with Gasteiger partial charge in [0.1, 0.15) is 11.6 Å². The molecule has 5 heteroatoms. The van der Waals surface area contributed by atoms with E-state index in [0.717, 1.165) is 39.8 Å². The summed E-state index contributed by atoms with van der Waals surface area (Å²) in [7, 11) is 0. The van der Waals surface area contributed by atoms with Gasteiger partial charge in [0.2, 0.25) is 0 Å². The summed E-state index contributed by atoms with van der Waals surface area (Å²) in [6.07, 6.45) is 5.10. The van der Waals surface area contributed by atoms with Gasteiger partial charge in [-0.25, -0.2) is 0 Å². The number of fused-ring (bicyclic) bond motifs is 1. The van der Waals surface area contributed by atoms with Crippen molar-refractivity contribution in [1.29, 1.82) is 0 Å². The Balaban J connectivity index is 0.00000253. The quantitative estimate of drug-likeness (QED) is 0.190. The van der Waals surface area contributed by atoms with Crippen molar-refractivity contribution in [1.82, 2.24) is 14.5 Å². The van der Waals surface area contributed by atoms with Gasteiger partial charge < -0.3 is 4.57 Å². The van der Waals surface area contributed by atoms with E-state index >= 15 is 0 Å². The van der Waals surface area contributed by atoms with Crippen molar-refractivity contribution in [2.75, 3.05) is 4.90 Å². The van der Waals surface area contributed by atoms with E-state index in [0.29, 0.717) is 0 Å². The molecule has 0 unspecified atom stereocenters. The van der Waals surface area contributed by atoms with Gasteiger partial charge in [-0.1, -0.05) is 78.3 Å². The molecule has 35 heavy (non-hydrogen) atoms. The van der Waals surface area contributed by atoms with E-state index in [-0.39, 0.29) is 21.1 Å². The second-order valence-corrected chi connectivity index (χ2v) is 7.85. The van der Waals surface area contributed by atoms with Crippen molar-refractivity contribution in [2.24, 2.45) is 0 Å². The monoisotopic (exact) mass is 631 g/mol. The Labute approximate surface area is 218 Å². The number of para-hydroxylation sites is 1. The Morgan fingerprint density at radius 2 is 1.43 bits per heavy atom. The van der Waals surface area contributed by atoms with Crippen LogP contribution in [0.2, 0.25) is 0 Å². The number of anilines is 3. The second kappa shape index (κ2) is 10.1. The molecule has 0 atom stereocenters. The third-order valence-corrected chi connectivity index (χ3v) is 5.70. The zero-order valence-electron chi connectivity index (χ0n) is 18.7. The van der Waals surface area contributed by atoms with Gasteiger partial charge in [-0.3, -0.25) is 14.9 Å². The van der Waals surface area contributed by atoms with Crippen LogP contribution in [0.1, 0.15) is 0 Å². The minimum Gasteiger partial charge on any atom is -0.436 e. The van der Waals surface area contributed by atoms with E-state index in [4.69, 9.17) is 9.97 Å². The second-order valence-electron chi connectivity index (χ2n) is 7.85. The summed E-state index contributed by atoms with van der Waals surface area (Å²) in [4.78, 5) is 12.1. The maximum atomic E-state index is 5.08. The molecule has 4 nitrogen and oxygen atoms in total. The maximum absolute atomic E-state index is 5.08. The smallest absolute Gasteiger partial charge is 0.436 e. The van der Waals surface area contributed by atoms with Gasteiger partial charge >= 0.3 is 21.1 Å². The van der Waals surface area contributed by atoms with Crippen LogP contribution >= 0.6 is 0 Å². The van der Waals surface area contributed by atoms with Crippen molar-refractivity contribution < 1.29 is 21.1 Å². The molecule has 3 aromatic heterocycles. The van der Waals surface area contributed by atoms with Crippen LogP contribution in [0.3, 0.4) is 0 Å². The standard InChI is InChI=1S/C30H20N4.Pt/c1-2-13-24(14-3-1)34(30-20-10-18-28(32-30)33-21-6-7-22-33)29-19-9-17-27(31-29)26-16-8-12-23-11-4-5-15-25(23)26;/h1-15,17-21H;/q-2;+2. The summed E-state index contributed by atoms with van der Waals surface area (Å²) in [5, 5.41) is 2.30.